The Labute approximate surface area is 160 Å². The summed E-state index contributed by atoms with van der Waals surface area (Å²) in [4.78, 5) is 12.2. The lowest BCUT2D eigenvalue weighted by Gasteiger charge is -2.18. The number of benzene rings is 2. The van der Waals surface area contributed by atoms with Gasteiger partial charge in [-0.1, -0.05) is 42.5 Å². The average molecular weight is 377 g/mol. The van der Waals surface area contributed by atoms with Crippen molar-refractivity contribution in [3.05, 3.63) is 54.6 Å². The first kappa shape index (κ1) is 20.2. The Morgan fingerprint density at radius 1 is 1.15 bits per heavy atom. The number of hydrogen-bond acceptors (Lipinski definition) is 4. The molecule has 26 heavy (non-hydrogen) atoms. The number of nitrogens with one attached hydrogen (secondary N) is 2. The first-order valence-electron chi connectivity index (χ1n) is 8.62. The number of aliphatic hydroxyl groups excluding tert-OH is 1. The molecular weight excluding hydrogens is 352 g/mol. The van der Waals surface area contributed by atoms with Crippen LogP contribution in [-0.2, 0) is 4.79 Å². The van der Waals surface area contributed by atoms with Crippen molar-refractivity contribution in [2.45, 2.75) is 19.1 Å². The van der Waals surface area contributed by atoms with Crippen molar-refractivity contribution >= 4 is 18.3 Å². The maximum atomic E-state index is 12.2. The zero-order valence-corrected chi connectivity index (χ0v) is 15.5. The number of ether oxygens (including phenoxy) is 1. The third-order valence-electron chi connectivity index (χ3n) is 4.49. The van der Waals surface area contributed by atoms with Crippen LogP contribution in [0.5, 0.6) is 5.75 Å². The largest absolute Gasteiger partial charge is 0.481 e. The SMILES string of the molecule is CC(Oc1ccc(-c2ccccc2)cc1)C(=O)NCC1CNCC1O.Cl. The lowest BCUT2D eigenvalue weighted by Crippen LogP contribution is -2.41. The molecule has 3 rings (SSSR count). The van der Waals surface area contributed by atoms with Crippen LogP contribution in [0.1, 0.15) is 6.92 Å². The molecule has 1 amide bonds. The van der Waals surface area contributed by atoms with E-state index < -0.39 is 12.2 Å². The molecular formula is C20H25ClN2O3. The molecule has 1 aliphatic rings. The normalized spacial score (nSPS) is 20.1. The summed E-state index contributed by atoms with van der Waals surface area (Å²) in [6.45, 7) is 3.48. The molecule has 6 heteroatoms. The molecule has 3 atom stereocenters. The minimum absolute atomic E-state index is 0. The minimum Gasteiger partial charge on any atom is -0.481 e. The monoisotopic (exact) mass is 376 g/mol. The van der Waals surface area contributed by atoms with E-state index in [0.717, 1.165) is 17.7 Å². The number of hydrogen-bond donors (Lipinski definition) is 3. The highest BCUT2D eigenvalue weighted by molar-refractivity contribution is 5.85. The summed E-state index contributed by atoms with van der Waals surface area (Å²) in [6.07, 6.45) is -0.990. The molecule has 3 unspecified atom stereocenters. The molecule has 0 bridgehead atoms. The van der Waals surface area contributed by atoms with E-state index in [4.69, 9.17) is 4.74 Å². The quantitative estimate of drug-likeness (QED) is 0.723. The number of amides is 1. The second-order valence-corrected chi connectivity index (χ2v) is 6.38. The Balaban J connectivity index is 0.00000243. The van der Waals surface area contributed by atoms with Crippen LogP contribution in [-0.4, -0.2) is 42.9 Å². The lowest BCUT2D eigenvalue weighted by molar-refractivity contribution is -0.127. The van der Waals surface area contributed by atoms with Crippen molar-refractivity contribution in [3.8, 4) is 16.9 Å². The highest BCUT2D eigenvalue weighted by Crippen LogP contribution is 2.22. The Hall–Kier alpha value is -2.08. The average Bonchev–Trinajstić information content (AvgIpc) is 3.06. The fraction of sp³-hybridized carbons (Fsp3) is 0.350. The smallest absolute Gasteiger partial charge is 0.260 e. The zero-order valence-electron chi connectivity index (χ0n) is 14.7. The predicted molar refractivity (Wildman–Crippen MR) is 105 cm³/mol. The van der Waals surface area contributed by atoms with Gasteiger partial charge in [0.1, 0.15) is 5.75 Å². The zero-order chi connectivity index (χ0) is 17.6. The second-order valence-electron chi connectivity index (χ2n) is 6.38. The van der Waals surface area contributed by atoms with Gasteiger partial charge < -0.3 is 20.5 Å². The van der Waals surface area contributed by atoms with E-state index in [1.54, 1.807) is 6.92 Å². The number of carbonyl (C=O) groups is 1. The van der Waals surface area contributed by atoms with E-state index in [1.165, 1.54) is 0 Å². The standard InChI is InChI=1S/C20H24N2O3.ClH/c1-14(20(24)22-12-17-11-21-13-19(17)23)25-18-9-7-16(8-10-18)15-5-3-2-4-6-15;/h2-10,14,17,19,21,23H,11-13H2,1H3,(H,22,24);1H. The topological polar surface area (TPSA) is 70.6 Å². The van der Waals surface area contributed by atoms with Gasteiger partial charge in [0.25, 0.3) is 5.91 Å². The van der Waals surface area contributed by atoms with Crippen LogP contribution in [0.15, 0.2) is 54.6 Å². The Kier molecular flexibility index (Phi) is 7.45. The predicted octanol–water partition coefficient (Wildman–Crippen LogP) is 2.24. The lowest BCUT2D eigenvalue weighted by atomic mass is 10.1. The van der Waals surface area contributed by atoms with Crippen LogP contribution >= 0.6 is 12.4 Å². The van der Waals surface area contributed by atoms with Crippen LogP contribution in [0.4, 0.5) is 0 Å². The van der Waals surface area contributed by atoms with Crippen molar-refractivity contribution < 1.29 is 14.6 Å². The van der Waals surface area contributed by atoms with Gasteiger partial charge in [0, 0.05) is 25.6 Å². The highest BCUT2D eigenvalue weighted by Gasteiger charge is 2.26. The van der Waals surface area contributed by atoms with Gasteiger partial charge in [-0.15, -0.1) is 12.4 Å². The summed E-state index contributed by atoms with van der Waals surface area (Å²) >= 11 is 0. The van der Waals surface area contributed by atoms with Crippen LogP contribution in [0.2, 0.25) is 0 Å². The van der Waals surface area contributed by atoms with Gasteiger partial charge in [0.15, 0.2) is 6.10 Å². The van der Waals surface area contributed by atoms with Gasteiger partial charge in [-0.05, 0) is 30.2 Å². The molecule has 5 nitrogen and oxygen atoms in total. The summed E-state index contributed by atoms with van der Waals surface area (Å²) < 4.78 is 5.72. The molecule has 0 aromatic heterocycles. The number of halogens is 1. The summed E-state index contributed by atoms with van der Waals surface area (Å²) in [6, 6.07) is 17.8. The number of carbonyl (C=O) groups excluding carboxylic acids is 1. The van der Waals surface area contributed by atoms with E-state index in [-0.39, 0.29) is 24.2 Å². The van der Waals surface area contributed by atoms with E-state index in [1.807, 2.05) is 42.5 Å². The van der Waals surface area contributed by atoms with E-state index >= 15 is 0 Å². The molecule has 2 aromatic carbocycles. The molecule has 1 fully saturated rings. The maximum absolute atomic E-state index is 12.2. The number of β-amino-alcohol motifs (C(OH)–C–C–N with tert-alkyl or cyclic N) is 1. The van der Waals surface area contributed by atoms with Gasteiger partial charge in [-0.3, -0.25) is 4.79 Å². The van der Waals surface area contributed by atoms with Gasteiger partial charge in [0.05, 0.1) is 6.10 Å². The molecule has 0 saturated carbocycles. The van der Waals surface area contributed by atoms with Gasteiger partial charge in [-0.2, -0.15) is 0 Å². The molecule has 1 heterocycles. The first-order chi connectivity index (χ1) is 12.1. The van der Waals surface area contributed by atoms with Crippen LogP contribution in [0.3, 0.4) is 0 Å². The summed E-state index contributed by atoms with van der Waals surface area (Å²) in [5, 5.41) is 15.7. The Morgan fingerprint density at radius 3 is 2.42 bits per heavy atom. The van der Waals surface area contributed by atoms with E-state index in [9.17, 15) is 9.90 Å². The third kappa shape index (κ3) is 5.21. The number of rotatable bonds is 6. The minimum atomic E-state index is -0.589. The van der Waals surface area contributed by atoms with Gasteiger partial charge in [-0.25, -0.2) is 0 Å². The van der Waals surface area contributed by atoms with Crippen molar-refractivity contribution in [1.29, 1.82) is 0 Å². The molecule has 1 saturated heterocycles. The molecule has 0 radical (unpaired) electrons. The molecule has 140 valence electrons. The third-order valence-corrected chi connectivity index (χ3v) is 4.49. The van der Waals surface area contributed by atoms with Gasteiger partial charge in [0.2, 0.25) is 0 Å². The van der Waals surface area contributed by atoms with Crippen LogP contribution < -0.4 is 15.4 Å². The number of aliphatic hydroxyl groups is 1. The van der Waals surface area contributed by atoms with Crippen molar-refractivity contribution in [1.82, 2.24) is 10.6 Å². The molecule has 3 N–H and O–H groups in total. The maximum Gasteiger partial charge on any atom is 0.260 e. The van der Waals surface area contributed by atoms with E-state index in [0.29, 0.717) is 18.8 Å². The van der Waals surface area contributed by atoms with Crippen LogP contribution in [0, 0.1) is 5.92 Å². The summed E-state index contributed by atoms with van der Waals surface area (Å²) in [5.74, 6) is 0.539. The molecule has 0 spiro atoms. The highest BCUT2D eigenvalue weighted by atomic mass is 35.5. The molecule has 2 aromatic rings. The Morgan fingerprint density at radius 2 is 1.81 bits per heavy atom. The Bertz CT molecular complexity index is 694. The van der Waals surface area contributed by atoms with Crippen molar-refractivity contribution in [2.75, 3.05) is 19.6 Å². The van der Waals surface area contributed by atoms with Gasteiger partial charge >= 0.3 is 0 Å². The first-order valence-corrected chi connectivity index (χ1v) is 8.62. The van der Waals surface area contributed by atoms with Crippen LogP contribution in [0.25, 0.3) is 11.1 Å². The fourth-order valence-corrected chi connectivity index (χ4v) is 2.92. The summed E-state index contributed by atoms with van der Waals surface area (Å²) in [5.41, 5.74) is 2.25. The summed E-state index contributed by atoms with van der Waals surface area (Å²) in [7, 11) is 0. The fourth-order valence-electron chi connectivity index (χ4n) is 2.92. The molecule has 0 aliphatic carbocycles. The van der Waals surface area contributed by atoms with E-state index in [2.05, 4.69) is 22.8 Å². The van der Waals surface area contributed by atoms with Crippen molar-refractivity contribution in [2.24, 2.45) is 5.92 Å². The second kappa shape index (κ2) is 9.57. The molecule has 1 aliphatic heterocycles. The van der Waals surface area contributed by atoms with Crippen molar-refractivity contribution in [3.63, 3.8) is 0 Å².